The van der Waals surface area contributed by atoms with Crippen LogP contribution in [0.25, 0.3) is 11.0 Å². The third kappa shape index (κ3) is 5.54. The second-order valence-corrected chi connectivity index (χ2v) is 8.41. The van der Waals surface area contributed by atoms with Crippen LogP contribution in [0.15, 0.2) is 42.6 Å². The first kappa shape index (κ1) is 24.8. The van der Waals surface area contributed by atoms with Crippen LogP contribution >= 0.6 is 0 Å². The second kappa shape index (κ2) is 10.8. The Hall–Kier alpha value is -3.88. The Morgan fingerprint density at radius 1 is 1.06 bits per heavy atom. The first-order chi connectivity index (χ1) is 16.2. The fourth-order valence-electron chi connectivity index (χ4n) is 3.73. The standard InChI is InChI=1S/C25H30N4O5/c1-15(2)14-29-22(25(32)34-5)21(28-20(30)11-17-9-7-6-8-10-17)19-12-18(13-26-23(19)29)27-16(3)24(31)33-4/h6-10,12-13,15-16,27H,11,14H2,1-5H3,(H,28,30)/t16-/m1/s1. The average Bonchev–Trinajstić information content (AvgIpc) is 3.10. The Kier molecular flexibility index (Phi) is 7.88. The van der Waals surface area contributed by atoms with E-state index in [1.807, 2.05) is 44.2 Å². The number of nitrogens with zero attached hydrogens (tertiary/aromatic N) is 2. The van der Waals surface area contributed by atoms with E-state index in [-0.39, 0.29) is 23.9 Å². The molecule has 34 heavy (non-hydrogen) atoms. The van der Waals surface area contributed by atoms with E-state index in [4.69, 9.17) is 9.47 Å². The molecule has 9 nitrogen and oxygen atoms in total. The normalized spacial score (nSPS) is 11.8. The van der Waals surface area contributed by atoms with Crippen LogP contribution in [0.2, 0.25) is 0 Å². The van der Waals surface area contributed by atoms with Crippen molar-refractivity contribution in [3.05, 3.63) is 53.9 Å². The molecule has 1 amide bonds. The number of rotatable bonds is 9. The van der Waals surface area contributed by atoms with Gasteiger partial charge in [0.1, 0.15) is 11.7 Å². The number of methoxy groups -OCH3 is 2. The fraction of sp³-hybridized carbons (Fsp3) is 0.360. The van der Waals surface area contributed by atoms with Gasteiger partial charge in [0.05, 0.1) is 38.2 Å². The molecule has 0 aliphatic heterocycles. The summed E-state index contributed by atoms with van der Waals surface area (Å²) in [5.41, 5.74) is 2.46. The lowest BCUT2D eigenvalue weighted by Gasteiger charge is -2.13. The zero-order valence-electron chi connectivity index (χ0n) is 20.0. The highest BCUT2D eigenvalue weighted by Gasteiger charge is 2.27. The summed E-state index contributed by atoms with van der Waals surface area (Å²) in [5.74, 6) is -1.08. The summed E-state index contributed by atoms with van der Waals surface area (Å²) in [6, 6.07) is 10.5. The molecule has 0 aliphatic carbocycles. The number of ether oxygens (including phenoxy) is 2. The molecule has 0 aliphatic rings. The highest BCUT2D eigenvalue weighted by atomic mass is 16.5. The largest absolute Gasteiger partial charge is 0.467 e. The molecule has 1 aromatic carbocycles. The molecule has 0 spiro atoms. The maximum absolute atomic E-state index is 12.9. The molecule has 2 N–H and O–H groups in total. The molecule has 180 valence electrons. The van der Waals surface area contributed by atoms with Crippen LogP contribution in [0.1, 0.15) is 36.8 Å². The second-order valence-electron chi connectivity index (χ2n) is 8.41. The third-order valence-corrected chi connectivity index (χ3v) is 5.23. The number of pyridine rings is 1. The number of hydrogen-bond donors (Lipinski definition) is 2. The number of carbonyl (C=O) groups is 3. The predicted molar refractivity (Wildman–Crippen MR) is 130 cm³/mol. The molecule has 3 aromatic rings. The van der Waals surface area contributed by atoms with Crippen molar-refractivity contribution in [1.29, 1.82) is 0 Å². The molecule has 0 bridgehead atoms. The SMILES string of the molecule is COC(=O)c1c(NC(=O)Cc2ccccc2)c2cc(N[C@H](C)C(=O)OC)cnc2n1CC(C)C. The maximum Gasteiger partial charge on any atom is 0.356 e. The summed E-state index contributed by atoms with van der Waals surface area (Å²) in [6.07, 6.45) is 1.72. The maximum atomic E-state index is 12.9. The molecule has 2 heterocycles. The number of carbonyl (C=O) groups excluding carboxylic acids is 3. The van der Waals surface area contributed by atoms with E-state index >= 15 is 0 Å². The molecule has 1 atom stereocenters. The van der Waals surface area contributed by atoms with Crippen LogP contribution in [0.5, 0.6) is 0 Å². The van der Waals surface area contributed by atoms with Crippen LogP contribution < -0.4 is 10.6 Å². The Morgan fingerprint density at radius 3 is 2.38 bits per heavy atom. The minimum absolute atomic E-state index is 0.142. The summed E-state index contributed by atoms with van der Waals surface area (Å²) in [4.78, 5) is 42.2. The predicted octanol–water partition coefficient (Wildman–Crippen LogP) is 3.63. The molecule has 3 rings (SSSR count). The smallest absolute Gasteiger partial charge is 0.356 e. The zero-order valence-corrected chi connectivity index (χ0v) is 20.0. The molecular formula is C25H30N4O5. The van der Waals surface area contributed by atoms with E-state index < -0.39 is 18.0 Å². The van der Waals surface area contributed by atoms with E-state index in [0.717, 1.165) is 5.56 Å². The van der Waals surface area contributed by atoms with Gasteiger partial charge >= 0.3 is 11.9 Å². The van der Waals surface area contributed by atoms with Crippen molar-refractivity contribution in [3.63, 3.8) is 0 Å². The van der Waals surface area contributed by atoms with E-state index in [9.17, 15) is 14.4 Å². The lowest BCUT2D eigenvalue weighted by molar-refractivity contribution is -0.141. The molecule has 0 radical (unpaired) electrons. The quantitative estimate of drug-likeness (QED) is 0.463. The molecule has 0 saturated heterocycles. The van der Waals surface area contributed by atoms with Crippen LogP contribution in [0.4, 0.5) is 11.4 Å². The molecule has 0 fully saturated rings. The van der Waals surface area contributed by atoms with Crippen LogP contribution in [-0.4, -0.2) is 47.7 Å². The van der Waals surface area contributed by atoms with Crippen molar-refractivity contribution in [1.82, 2.24) is 9.55 Å². The Morgan fingerprint density at radius 2 is 1.76 bits per heavy atom. The molecule has 0 saturated carbocycles. The Labute approximate surface area is 198 Å². The van der Waals surface area contributed by atoms with E-state index in [1.165, 1.54) is 14.2 Å². The van der Waals surface area contributed by atoms with Crippen molar-refractivity contribution >= 4 is 40.3 Å². The van der Waals surface area contributed by atoms with Gasteiger partial charge in [0.2, 0.25) is 5.91 Å². The van der Waals surface area contributed by atoms with Gasteiger partial charge in [-0.15, -0.1) is 0 Å². The molecular weight excluding hydrogens is 436 g/mol. The fourth-order valence-corrected chi connectivity index (χ4v) is 3.73. The summed E-state index contributed by atoms with van der Waals surface area (Å²) < 4.78 is 11.6. The molecule has 2 aromatic heterocycles. The number of aromatic nitrogens is 2. The van der Waals surface area contributed by atoms with E-state index in [0.29, 0.717) is 29.0 Å². The average molecular weight is 467 g/mol. The number of hydrogen-bond acceptors (Lipinski definition) is 7. The Balaban J connectivity index is 2.10. The summed E-state index contributed by atoms with van der Waals surface area (Å²) >= 11 is 0. The molecule has 0 unspecified atom stereocenters. The highest BCUT2D eigenvalue weighted by Crippen LogP contribution is 2.33. The van der Waals surface area contributed by atoms with Crippen molar-refractivity contribution < 1.29 is 23.9 Å². The number of amides is 1. The number of benzene rings is 1. The van der Waals surface area contributed by atoms with Gasteiger partial charge in [-0.2, -0.15) is 0 Å². The summed E-state index contributed by atoms with van der Waals surface area (Å²) in [5, 5.41) is 6.51. The minimum Gasteiger partial charge on any atom is -0.467 e. The van der Waals surface area contributed by atoms with Crippen molar-refractivity contribution in [2.45, 2.75) is 39.8 Å². The Bertz CT molecular complexity index is 1190. The zero-order chi connectivity index (χ0) is 24.8. The van der Waals surface area contributed by atoms with Gasteiger partial charge in [-0.25, -0.2) is 14.6 Å². The third-order valence-electron chi connectivity index (χ3n) is 5.23. The summed E-state index contributed by atoms with van der Waals surface area (Å²) in [6.45, 7) is 6.21. The van der Waals surface area contributed by atoms with Gasteiger partial charge in [-0.1, -0.05) is 44.2 Å². The number of esters is 2. The number of fused-ring (bicyclic) bond motifs is 1. The van der Waals surface area contributed by atoms with Crippen LogP contribution in [0.3, 0.4) is 0 Å². The highest BCUT2D eigenvalue weighted by molar-refractivity contribution is 6.11. The summed E-state index contributed by atoms with van der Waals surface area (Å²) in [7, 11) is 2.62. The topological polar surface area (TPSA) is 112 Å². The van der Waals surface area contributed by atoms with E-state index in [1.54, 1.807) is 23.8 Å². The van der Waals surface area contributed by atoms with Crippen molar-refractivity contribution in [2.75, 3.05) is 24.9 Å². The minimum atomic E-state index is -0.613. The van der Waals surface area contributed by atoms with Crippen LogP contribution in [-0.2, 0) is 32.0 Å². The number of anilines is 2. The van der Waals surface area contributed by atoms with Crippen LogP contribution in [0, 0.1) is 5.92 Å². The van der Waals surface area contributed by atoms with Gasteiger partial charge in [0, 0.05) is 11.9 Å². The van der Waals surface area contributed by atoms with Gasteiger partial charge in [0.15, 0.2) is 5.69 Å². The van der Waals surface area contributed by atoms with Gasteiger partial charge in [0.25, 0.3) is 0 Å². The first-order valence-corrected chi connectivity index (χ1v) is 11.0. The number of nitrogens with one attached hydrogen (secondary N) is 2. The van der Waals surface area contributed by atoms with E-state index in [2.05, 4.69) is 15.6 Å². The lowest BCUT2D eigenvalue weighted by Crippen LogP contribution is -2.27. The molecule has 9 heteroatoms. The monoisotopic (exact) mass is 466 g/mol. The van der Waals surface area contributed by atoms with Gasteiger partial charge in [-0.05, 0) is 24.5 Å². The lowest BCUT2D eigenvalue weighted by atomic mass is 10.1. The van der Waals surface area contributed by atoms with Crippen molar-refractivity contribution in [2.24, 2.45) is 5.92 Å². The van der Waals surface area contributed by atoms with Crippen molar-refractivity contribution in [3.8, 4) is 0 Å². The van der Waals surface area contributed by atoms with Gasteiger partial charge < -0.3 is 24.7 Å². The van der Waals surface area contributed by atoms with Gasteiger partial charge in [-0.3, -0.25) is 4.79 Å². The first-order valence-electron chi connectivity index (χ1n) is 11.0.